The van der Waals surface area contributed by atoms with E-state index in [4.69, 9.17) is 15.9 Å². The molecule has 1 rings (SSSR count). The standard InChI is InChI=1S/C11H19N3O4S/c1-14(2)19(17,18)9-3-4-11(10(12)5-9)13-8(6-15)7-16/h3-5,8,13,15-16H,6-7,12H2,1-2H3. The maximum atomic E-state index is 11.9. The first kappa shape index (κ1) is 15.7. The van der Waals surface area contributed by atoms with Gasteiger partial charge in [-0.25, -0.2) is 12.7 Å². The maximum Gasteiger partial charge on any atom is 0.242 e. The molecular weight excluding hydrogens is 270 g/mol. The Hall–Kier alpha value is -1.35. The highest BCUT2D eigenvalue weighted by Gasteiger charge is 2.18. The van der Waals surface area contributed by atoms with Gasteiger partial charge in [-0.3, -0.25) is 0 Å². The second-order valence-electron chi connectivity index (χ2n) is 4.24. The molecule has 0 bridgehead atoms. The highest BCUT2D eigenvalue weighted by atomic mass is 32.2. The Labute approximate surface area is 112 Å². The molecule has 1 aromatic rings. The van der Waals surface area contributed by atoms with Crippen LogP contribution in [0.4, 0.5) is 11.4 Å². The summed E-state index contributed by atoms with van der Waals surface area (Å²) in [5.41, 5.74) is 6.46. The molecule has 1 aromatic carbocycles. The minimum absolute atomic E-state index is 0.0881. The number of sulfonamides is 1. The Morgan fingerprint density at radius 1 is 1.32 bits per heavy atom. The molecule has 0 amide bonds. The van der Waals surface area contributed by atoms with E-state index in [9.17, 15) is 8.42 Å². The Morgan fingerprint density at radius 3 is 2.32 bits per heavy atom. The SMILES string of the molecule is CN(C)S(=O)(=O)c1ccc(NC(CO)CO)c(N)c1. The maximum absolute atomic E-state index is 11.9. The smallest absolute Gasteiger partial charge is 0.242 e. The van der Waals surface area contributed by atoms with Crippen molar-refractivity contribution in [3.05, 3.63) is 18.2 Å². The predicted octanol–water partition coefficient (Wildman–Crippen LogP) is -0.716. The summed E-state index contributed by atoms with van der Waals surface area (Å²) in [5, 5.41) is 20.8. The summed E-state index contributed by atoms with van der Waals surface area (Å²) in [6.45, 7) is -0.513. The second-order valence-corrected chi connectivity index (χ2v) is 6.39. The van der Waals surface area contributed by atoms with Crippen LogP contribution in [0, 0.1) is 0 Å². The number of hydrogen-bond acceptors (Lipinski definition) is 6. The number of nitrogens with two attached hydrogens (primary N) is 1. The van der Waals surface area contributed by atoms with Crippen molar-refractivity contribution in [3.63, 3.8) is 0 Å². The molecular formula is C11H19N3O4S. The molecule has 0 radical (unpaired) electrons. The summed E-state index contributed by atoms with van der Waals surface area (Å²) >= 11 is 0. The minimum Gasteiger partial charge on any atom is -0.397 e. The van der Waals surface area contributed by atoms with Gasteiger partial charge < -0.3 is 21.3 Å². The fourth-order valence-corrected chi connectivity index (χ4v) is 2.35. The Balaban J connectivity index is 3.05. The topological polar surface area (TPSA) is 116 Å². The van der Waals surface area contributed by atoms with Crippen LogP contribution in [-0.4, -0.2) is 56.3 Å². The van der Waals surface area contributed by atoms with E-state index in [-0.39, 0.29) is 23.8 Å². The third-order valence-electron chi connectivity index (χ3n) is 2.60. The summed E-state index contributed by atoms with van der Waals surface area (Å²) in [7, 11) is -0.657. The van der Waals surface area contributed by atoms with Crippen molar-refractivity contribution in [1.82, 2.24) is 4.31 Å². The molecule has 0 atom stereocenters. The minimum atomic E-state index is -3.53. The van der Waals surface area contributed by atoms with Crippen molar-refractivity contribution in [2.24, 2.45) is 0 Å². The third kappa shape index (κ3) is 3.57. The van der Waals surface area contributed by atoms with Gasteiger partial charge in [0.15, 0.2) is 0 Å². The Bertz CT molecular complexity index is 527. The highest BCUT2D eigenvalue weighted by molar-refractivity contribution is 7.89. The average Bonchev–Trinajstić information content (AvgIpc) is 2.37. The normalized spacial score (nSPS) is 12.1. The largest absolute Gasteiger partial charge is 0.397 e. The molecule has 7 nitrogen and oxygen atoms in total. The number of nitrogen functional groups attached to an aromatic ring is 1. The second kappa shape index (κ2) is 6.20. The monoisotopic (exact) mass is 289 g/mol. The summed E-state index contributed by atoms with van der Waals surface area (Å²) < 4.78 is 24.9. The zero-order chi connectivity index (χ0) is 14.6. The highest BCUT2D eigenvalue weighted by Crippen LogP contribution is 2.24. The molecule has 0 saturated carbocycles. The van der Waals surface area contributed by atoms with E-state index in [0.29, 0.717) is 5.69 Å². The Kier molecular flexibility index (Phi) is 5.12. The van der Waals surface area contributed by atoms with Gasteiger partial charge in [0.05, 0.1) is 35.5 Å². The molecule has 0 heterocycles. The molecule has 0 aromatic heterocycles. The van der Waals surface area contributed by atoms with Crippen molar-refractivity contribution in [2.75, 3.05) is 38.4 Å². The van der Waals surface area contributed by atoms with Gasteiger partial charge in [0.25, 0.3) is 0 Å². The lowest BCUT2D eigenvalue weighted by atomic mass is 10.2. The molecule has 19 heavy (non-hydrogen) atoms. The van der Waals surface area contributed by atoms with Gasteiger partial charge >= 0.3 is 0 Å². The first-order valence-corrected chi connectivity index (χ1v) is 7.07. The molecule has 5 N–H and O–H groups in total. The quantitative estimate of drug-likeness (QED) is 0.514. The number of anilines is 2. The van der Waals surface area contributed by atoms with Crippen molar-refractivity contribution in [2.45, 2.75) is 10.9 Å². The van der Waals surface area contributed by atoms with Crippen molar-refractivity contribution >= 4 is 21.4 Å². The van der Waals surface area contributed by atoms with E-state index >= 15 is 0 Å². The van der Waals surface area contributed by atoms with Crippen molar-refractivity contribution in [1.29, 1.82) is 0 Å². The number of hydrogen-bond donors (Lipinski definition) is 4. The van der Waals surface area contributed by atoms with Gasteiger partial charge in [-0.1, -0.05) is 0 Å². The molecule has 0 aliphatic rings. The van der Waals surface area contributed by atoms with Gasteiger partial charge in [-0.15, -0.1) is 0 Å². The molecule has 0 fully saturated rings. The van der Waals surface area contributed by atoms with Gasteiger partial charge in [0, 0.05) is 14.1 Å². The van der Waals surface area contributed by atoms with Gasteiger partial charge in [-0.2, -0.15) is 0 Å². The van der Waals surface area contributed by atoms with E-state index in [2.05, 4.69) is 5.32 Å². The summed E-state index contributed by atoms with van der Waals surface area (Å²) in [5.74, 6) is 0. The lowest BCUT2D eigenvalue weighted by Gasteiger charge is -2.18. The third-order valence-corrected chi connectivity index (χ3v) is 4.41. The number of nitrogens with zero attached hydrogens (tertiary/aromatic N) is 1. The Morgan fingerprint density at radius 2 is 1.89 bits per heavy atom. The number of rotatable bonds is 6. The van der Waals surface area contributed by atoms with Gasteiger partial charge in [0.1, 0.15) is 0 Å². The molecule has 0 aliphatic carbocycles. The van der Waals surface area contributed by atoms with E-state index in [1.165, 1.54) is 32.3 Å². The van der Waals surface area contributed by atoms with E-state index in [1.54, 1.807) is 0 Å². The van der Waals surface area contributed by atoms with Crippen LogP contribution in [0.25, 0.3) is 0 Å². The van der Waals surface area contributed by atoms with Gasteiger partial charge in [-0.05, 0) is 18.2 Å². The zero-order valence-electron chi connectivity index (χ0n) is 10.9. The summed E-state index contributed by atoms with van der Waals surface area (Å²) in [4.78, 5) is 0.0881. The van der Waals surface area contributed by atoms with E-state index < -0.39 is 16.1 Å². The van der Waals surface area contributed by atoms with Crippen LogP contribution >= 0.6 is 0 Å². The fourth-order valence-electron chi connectivity index (χ4n) is 1.41. The van der Waals surface area contributed by atoms with Crippen LogP contribution < -0.4 is 11.1 Å². The lowest BCUT2D eigenvalue weighted by molar-refractivity contribution is 0.204. The van der Waals surface area contributed by atoms with E-state index in [0.717, 1.165) is 4.31 Å². The lowest BCUT2D eigenvalue weighted by Crippen LogP contribution is -2.28. The molecule has 0 spiro atoms. The van der Waals surface area contributed by atoms with Gasteiger partial charge in [0.2, 0.25) is 10.0 Å². The zero-order valence-corrected chi connectivity index (χ0v) is 11.7. The van der Waals surface area contributed by atoms with E-state index in [1.807, 2.05) is 0 Å². The molecule has 108 valence electrons. The van der Waals surface area contributed by atoms with Crippen LogP contribution in [0.15, 0.2) is 23.1 Å². The number of benzene rings is 1. The molecule has 0 unspecified atom stereocenters. The van der Waals surface area contributed by atoms with Crippen molar-refractivity contribution in [3.8, 4) is 0 Å². The molecule has 8 heteroatoms. The van der Waals surface area contributed by atoms with Crippen LogP contribution in [0.5, 0.6) is 0 Å². The number of aliphatic hydroxyl groups is 2. The number of nitrogens with one attached hydrogen (secondary N) is 1. The molecule has 0 aliphatic heterocycles. The number of aliphatic hydroxyl groups excluding tert-OH is 2. The fraction of sp³-hybridized carbons (Fsp3) is 0.455. The first-order chi connectivity index (χ1) is 8.82. The van der Waals surface area contributed by atoms with Crippen LogP contribution in [0.3, 0.4) is 0 Å². The van der Waals surface area contributed by atoms with Crippen LogP contribution in [0.1, 0.15) is 0 Å². The van der Waals surface area contributed by atoms with Crippen LogP contribution in [0.2, 0.25) is 0 Å². The molecule has 0 saturated heterocycles. The average molecular weight is 289 g/mol. The first-order valence-electron chi connectivity index (χ1n) is 5.63. The summed E-state index contributed by atoms with van der Waals surface area (Å²) in [6.07, 6.45) is 0. The van der Waals surface area contributed by atoms with Crippen LogP contribution in [-0.2, 0) is 10.0 Å². The predicted molar refractivity (Wildman–Crippen MR) is 73.3 cm³/mol. The van der Waals surface area contributed by atoms with Crippen molar-refractivity contribution < 1.29 is 18.6 Å². The summed E-state index contributed by atoms with van der Waals surface area (Å²) in [6, 6.07) is 3.71.